The van der Waals surface area contributed by atoms with Crippen molar-refractivity contribution in [3.63, 3.8) is 0 Å². The molecule has 4 rings (SSSR count). The summed E-state index contributed by atoms with van der Waals surface area (Å²) < 4.78 is 0. The Morgan fingerprint density at radius 3 is 2.49 bits per heavy atom. The molecule has 0 aliphatic heterocycles. The number of aryl methyl sites for hydroxylation is 2. The van der Waals surface area contributed by atoms with Crippen LogP contribution in [0, 0.1) is 13.8 Å². The van der Waals surface area contributed by atoms with E-state index in [1.807, 2.05) is 56.4 Å². The molecule has 4 aromatic rings. The van der Waals surface area contributed by atoms with Gasteiger partial charge in [-0.1, -0.05) is 35.3 Å². The highest BCUT2D eigenvalue weighted by Crippen LogP contribution is 2.22. The number of hydrogen-bond acceptors (Lipinski definition) is 4. The number of halogens is 2. The molecule has 0 fully saturated rings. The van der Waals surface area contributed by atoms with Crippen molar-refractivity contribution >= 4 is 58.0 Å². The van der Waals surface area contributed by atoms with Crippen molar-refractivity contribution in [2.24, 2.45) is 4.99 Å². The second-order valence-corrected chi connectivity index (χ2v) is 8.83. The van der Waals surface area contributed by atoms with Crippen LogP contribution in [0.4, 0.5) is 5.95 Å². The van der Waals surface area contributed by atoms with E-state index in [9.17, 15) is 4.79 Å². The molecule has 2 aromatic carbocycles. The maximum atomic E-state index is 12.6. The van der Waals surface area contributed by atoms with Crippen LogP contribution in [-0.2, 0) is 11.2 Å². The molecule has 35 heavy (non-hydrogen) atoms. The average molecular weight is 507 g/mol. The number of nitrogens with zero attached hydrogens (tertiary/aromatic N) is 3. The zero-order valence-corrected chi connectivity index (χ0v) is 20.8. The molecular weight excluding hydrogens is 483 g/mol. The van der Waals surface area contributed by atoms with E-state index in [-0.39, 0.29) is 11.9 Å². The number of aliphatic imine (C=N–C) groups is 1. The van der Waals surface area contributed by atoms with Crippen LogP contribution in [0.1, 0.15) is 22.5 Å². The predicted molar refractivity (Wildman–Crippen MR) is 143 cm³/mol. The lowest BCUT2D eigenvalue weighted by atomic mass is 10.1. The fourth-order valence-electron chi connectivity index (χ4n) is 3.55. The Morgan fingerprint density at radius 2 is 1.74 bits per heavy atom. The fraction of sp³-hybridized carbons (Fsp3) is 0.154. The topological polar surface area (TPSA) is 95.1 Å². The number of carbonyl (C=O) groups is 1. The summed E-state index contributed by atoms with van der Waals surface area (Å²) in [6, 6.07) is 14.8. The van der Waals surface area contributed by atoms with E-state index in [0.717, 1.165) is 33.4 Å². The van der Waals surface area contributed by atoms with Crippen LogP contribution in [0.3, 0.4) is 0 Å². The van der Waals surface area contributed by atoms with Gasteiger partial charge >= 0.3 is 0 Å². The molecule has 0 aliphatic rings. The third-order valence-electron chi connectivity index (χ3n) is 5.13. The van der Waals surface area contributed by atoms with Crippen LogP contribution in [0.2, 0.25) is 10.0 Å². The summed E-state index contributed by atoms with van der Waals surface area (Å²) in [5.74, 6) is 0.287. The highest BCUT2D eigenvalue weighted by atomic mass is 35.5. The monoisotopic (exact) mass is 506 g/mol. The summed E-state index contributed by atoms with van der Waals surface area (Å²) >= 11 is 12.1. The molecule has 0 unspecified atom stereocenters. The van der Waals surface area contributed by atoms with Gasteiger partial charge in [0, 0.05) is 51.2 Å². The molecule has 0 spiro atoms. The minimum Gasteiger partial charge on any atom is -0.361 e. The number of rotatable bonds is 6. The van der Waals surface area contributed by atoms with Gasteiger partial charge in [0.15, 0.2) is 0 Å². The summed E-state index contributed by atoms with van der Waals surface area (Å²) in [5.41, 5.74) is 4.57. The van der Waals surface area contributed by atoms with Crippen LogP contribution in [-0.4, -0.2) is 33.4 Å². The Bertz CT molecular complexity index is 1390. The fourth-order valence-corrected chi connectivity index (χ4v) is 3.85. The average Bonchev–Trinajstić information content (AvgIpc) is 3.20. The summed E-state index contributed by atoms with van der Waals surface area (Å²) in [6.45, 7) is 4.19. The minimum absolute atomic E-state index is 0.263. The van der Waals surface area contributed by atoms with Crippen molar-refractivity contribution in [2.45, 2.75) is 20.3 Å². The Morgan fingerprint density at radius 1 is 1.03 bits per heavy atom. The molecule has 178 valence electrons. The number of amides is 1. The van der Waals surface area contributed by atoms with Crippen molar-refractivity contribution in [3.8, 4) is 0 Å². The van der Waals surface area contributed by atoms with Gasteiger partial charge < -0.3 is 4.98 Å². The molecule has 0 saturated carbocycles. The number of aromatic nitrogens is 3. The van der Waals surface area contributed by atoms with Gasteiger partial charge in [0.25, 0.3) is 5.91 Å². The van der Waals surface area contributed by atoms with Gasteiger partial charge in [0.1, 0.15) is 0 Å². The lowest BCUT2D eigenvalue weighted by Crippen LogP contribution is -2.35. The van der Waals surface area contributed by atoms with E-state index in [1.165, 1.54) is 6.08 Å². The van der Waals surface area contributed by atoms with Gasteiger partial charge in [-0.25, -0.2) is 9.97 Å². The zero-order chi connectivity index (χ0) is 24.8. The van der Waals surface area contributed by atoms with Crippen molar-refractivity contribution in [1.29, 1.82) is 0 Å². The van der Waals surface area contributed by atoms with Crippen LogP contribution in [0.25, 0.3) is 17.0 Å². The molecule has 0 bridgehead atoms. The number of anilines is 1. The second-order valence-electron chi connectivity index (χ2n) is 7.96. The molecule has 7 nitrogen and oxygen atoms in total. The van der Waals surface area contributed by atoms with Crippen molar-refractivity contribution < 1.29 is 4.79 Å². The Labute approximate surface area is 213 Å². The van der Waals surface area contributed by atoms with Gasteiger partial charge in [0.05, 0.1) is 0 Å². The van der Waals surface area contributed by atoms with Crippen LogP contribution in [0.15, 0.2) is 65.8 Å². The molecule has 3 N–H and O–H groups in total. The molecule has 2 aromatic heterocycles. The first kappa shape index (κ1) is 24.4. The van der Waals surface area contributed by atoms with Gasteiger partial charge in [-0.3, -0.25) is 20.4 Å². The first-order valence-corrected chi connectivity index (χ1v) is 11.8. The van der Waals surface area contributed by atoms with E-state index in [0.29, 0.717) is 29.0 Å². The van der Waals surface area contributed by atoms with E-state index < -0.39 is 0 Å². The summed E-state index contributed by atoms with van der Waals surface area (Å²) in [6.07, 6.45) is 5.73. The van der Waals surface area contributed by atoms with Crippen molar-refractivity contribution in [2.75, 3.05) is 11.9 Å². The number of guanidine groups is 1. The SMILES string of the molecule is Cc1cc(C)nc(NC(=NCCc2c[nH]c3ccc(Cl)cc23)NC(=O)C=Cc2ccc(Cl)cc2)n1. The molecule has 0 aliphatic carbocycles. The Balaban J connectivity index is 1.50. The first-order chi connectivity index (χ1) is 16.9. The lowest BCUT2D eigenvalue weighted by Gasteiger charge is -2.10. The number of hydrogen-bond donors (Lipinski definition) is 3. The molecule has 0 radical (unpaired) electrons. The molecule has 0 saturated heterocycles. The number of fused-ring (bicyclic) bond motifs is 1. The summed E-state index contributed by atoms with van der Waals surface area (Å²) in [4.78, 5) is 29.2. The molecule has 9 heteroatoms. The van der Waals surface area contributed by atoms with Crippen LogP contribution < -0.4 is 10.6 Å². The Hall–Kier alpha value is -3.68. The molecule has 1 amide bonds. The van der Waals surface area contributed by atoms with Gasteiger partial charge in [-0.05, 0) is 73.9 Å². The third kappa shape index (κ3) is 6.91. The highest BCUT2D eigenvalue weighted by molar-refractivity contribution is 6.31. The van der Waals surface area contributed by atoms with E-state index in [1.54, 1.807) is 18.2 Å². The largest absolute Gasteiger partial charge is 0.361 e. The number of carbonyl (C=O) groups excluding carboxylic acids is 1. The maximum absolute atomic E-state index is 12.6. The second kappa shape index (κ2) is 11.2. The highest BCUT2D eigenvalue weighted by Gasteiger charge is 2.09. The van der Waals surface area contributed by atoms with Crippen molar-refractivity contribution in [3.05, 3.63) is 93.4 Å². The summed E-state index contributed by atoms with van der Waals surface area (Å²) in [5, 5.41) is 8.19. The molecule has 0 atom stereocenters. The quantitative estimate of drug-likeness (QED) is 0.177. The van der Waals surface area contributed by atoms with Crippen molar-refractivity contribution in [1.82, 2.24) is 20.3 Å². The molecule has 2 heterocycles. The lowest BCUT2D eigenvalue weighted by molar-refractivity contribution is -0.115. The Kier molecular flexibility index (Phi) is 7.80. The van der Waals surface area contributed by atoms with Crippen LogP contribution >= 0.6 is 23.2 Å². The minimum atomic E-state index is -0.338. The standard InChI is InChI=1S/C26H24Cl2N6O/c1-16-13-17(2)32-26(31-16)34-25(33-24(35)10-5-18-3-6-20(27)7-4-18)29-12-11-19-15-30-23-9-8-21(28)14-22(19)23/h3-10,13-15,30H,11-12H2,1-2H3,(H2,29,31,32,33,34,35). The maximum Gasteiger partial charge on any atom is 0.250 e. The first-order valence-electron chi connectivity index (χ1n) is 11.0. The van der Waals surface area contributed by atoms with E-state index >= 15 is 0 Å². The zero-order valence-electron chi connectivity index (χ0n) is 19.3. The van der Waals surface area contributed by atoms with Gasteiger partial charge in [-0.15, -0.1) is 0 Å². The van der Waals surface area contributed by atoms with Gasteiger partial charge in [-0.2, -0.15) is 0 Å². The van der Waals surface area contributed by atoms with E-state index in [4.69, 9.17) is 23.2 Å². The number of aromatic amines is 1. The smallest absolute Gasteiger partial charge is 0.250 e. The third-order valence-corrected chi connectivity index (χ3v) is 5.62. The number of nitrogens with one attached hydrogen (secondary N) is 3. The van der Waals surface area contributed by atoms with Crippen LogP contribution in [0.5, 0.6) is 0 Å². The van der Waals surface area contributed by atoms with Gasteiger partial charge in [0.2, 0.25) is 11.9 Å². The predicted octanol–water partition coefficient (Wildman–Crippen LogP) is 5.72. The molecular formula is C26H24Cl2N6O. The summed E-state index contributed by atoms with van der Waals surface area (Å²) in [7, 11) is 0. The van der Waals surface area contributed by atoms with E-state index in [2.05, 4.69) is 30.6 Å². The normalized spacial score (nSPS) is 11.8. The number of benzene rings is 2. The number of H-pyrrole nitrogens is 1.